The molecule has 1 saturated carbocycles. The molecule has 1 aliphatic rings. The third kappa shape index (κ3) is 5.07. The number of methoxy groups -OCH3 is 1. The number of aliphatic hydroxyl groups excluding tert-OH is 2. The molecular weight excluding hydrogens is 416 g/mol. The van der Waals surface area contributed by atoms with E-state index in [1.165, 1.54) is 12.7 Å². The maximum Gasteiger partial charge on any atom is 0.308 e. The minimum atomic E-state index is -0.702. The molecule has 0 aliphatic heterocycles. The van der Waals surface area contributed by atoms with Crippen molar-refractivity contribution >= 4 is 12.0 Å². The molecule has 1 aromatic heterocycles. The zero-order valence-electron chi connectivity index (χ0n) is 19.0. The van der Waals surface area contributed by atoms with Crippen LogP contribution in [0.5, 0.6) is 0 Å². The van der Waals surface area contributed by atoms with Gasteiger partial charge >= 0.3 is 5.97 Å². The van der Waals surface area contributed by atoms with Gasteiger partial charge in [-0.25, -0.2) is 4.98 Å². The number of rotatable bonds is 8. The topological polar surface area (TPSA) is 84.6 Å². The lowest BCUT2D eigenvalue weighted by Crippen LogP contribution is -2.29. The largest absolute Gasteiger partial charge is 0.469 e. The Bertz CT molecular complexity index is 1090. The van der Waals surface area contributed by atoms with Gasteiger partial charge in [-0.15, -0.1) is 0 Å². The van der Waals surface area contributed by atoms with Gasteiger partial charge in [0.05, 0.1) is 25.7 Å². The smallest absolute Gasteiger partial charge is 0.308 e. The Morgan fingerprint density at radius 1 is 1.15 bits per heavy atom. The monoisotopic (exact) mass is 446 g/mol. The minimum Gasteiger partial charge on any atom is -0.469 e. The molecule has 6 nitrogen and oxygen atoms in total. The van der Waals surface area contributed by atoms with Crippen molar-refractivity contribution in [3.63, 3.8) is 0 Å². The quantitative estimate of drug-likeness (QED) is 0.497. The Labute approximate surface area is 194 Å². The Balaban J connectivity index is 1.40. The van der Waals surface area contributed by atoms with Gasteiger partial charge < -0.3 is 19.5 Å². The van der Waals surface area contributed by atoms with Crippen LogP contribution in [0, 0.1) is 5.92 Å². The highest BCUT2D eigenvalue weighted by molar-refractivity contribution is 5.74. The van der Waals surface area contributed by atoms with E-state index in [2.05, 4.69) is 41.4 Å². The number of nitrogens with zero attached hydrogens (tertiary/aromatic N) is 2. The molecule has 2 atom stereocenters. The predicted molar refractivity (Wildman–Crippen MR) is 127 cm³/mol. The molecule has 4 rings (SSSR count). The Kier molecular flexibility index (Phi) is 7.06. The molecule has 1 heterocycles. The number of carbonyl (C=O) groups excluding carboxylic acids is 1. The zero-order chi connectivity index (χ0) is 23.4. The second-order valence-electron chi connectivity index (χ2n) is 8.61. The Morgan fingerprint density at radius 3 is 2.36 bits per heavy atom. The molecule has 1 fully saturated rings. The summed E-state index contributed by atoms with van der Waals surface area (Å²) in [6, 6.07) is 16.5. The fraction of sp³-hybridized carbons (Fsp3) is 0.333. The second-order valence-corrected chi connectivity index (χ2v) is 8.61. The average molecular weight is 447 g/mol. The van der Waals surface area contributed by atoms with Gasteiger partial charge in [0.2, 0.25) is 0 Å². The number of hydrogen-bond acceptors (Lipinski definition) is 5. The molecule has 0 spiro atoms. The van der Waals surface area contributed by atoms with Crippen molar-refractivity contribution in [1.82, 2.24) is 9.55 Å². The number of benzene rings is 2. The molecule has 0 radical (unpaired) electrons. The van der Waals surface area contributed by atoms with E-state index < -0.39 is 6.10 Å². The van der Waals surface area contributed by atoms with E-state index >= 15 is 0 Å². The number of ether oxygens (including phenoxy) is 1. The van der Waals surface area contributed by atoms with Gasteiger partial charge in [0.25, 0.3) is 0 Å². The summed E-state index contributed by atoms with van der Waals surface area (Å²) in [6.07, 6.45) is 8.29. The van der Waals surface area contributed by atoms with Gasteiger partial charge in [0.15, 0.2) is 0 Å². The van der Waals surface area contributed by atoms with Crippen molar-refractivity contribution in [2.75, 3.05) is 13.7 Å². The molecule has 6 heteroatoms. The normalized spacial score (nSPS) is 19.8. The summed E-state index contributed by atoms with van der Waals surface area (Å²) < 4.78 is 6.61. The van der Waals surface area contributed by atoms with Crippen LogP contribution in [-0.2, 0) is 9.53 Å². The van der Waals surface area contributed by atoms with E-state index in [0.717, 1.165) is 29.5 Å². The SMILES string of the molecule is COC(=O)C1CC(c2ccc(-c3ccc(/C=C/C(CO)n4ccnc4C(C)O)cc3)cc2)C1. The third-order valence-electron chi connectivity index (χ3n) is 6.43. The van der Waals surface area contributed by atoms with Crippen LogP contribution in [0.25, 0.3) is 17.2 Å². The molecule has 2 N–H and O–H groups in total. The van der Waals surface area contributed by atoms with Gasteiger partial charge in [-0.05, 0) is 47.9 Å². The van der Waals surface area contributed by atoms with E-state index in [-0.39, 0.29) is 24.5 Å². The lowest BCUT2D eigenvalue weighted by atomic mass is 9.71. The highest BCUT2D eigenvalue weighted by Crippen LogP contribution is 2.42. The summed E-state index contributed by atoms with van der Waals surface area (Å²) in [7, 11) is 1.45. The van der Waals surface area contributed by atoms with Crippen molar-refractivity contribution in [3.8, 4) is 11.1 Å². The molecule has 0 amide bonds. The second kappa shape index (κ2) is 10.1. The lowest BCUT2D eigenvalue weighted by Gasteiger charge is -2.33. The van der Waals surface area contributed by atoms with Crippen LogP contribution in [0.3, 0.4) is 0 Å². The number of carbonyl (C=O) groups is 1. The number of esters is 1. The van der Waals surface area contributed by atoms with Gasteiger partial charge in [-0.3, -0.25) is 4.79 Å². The van der Waals surface area contributed by atoms with E-state index in [9.17, 15) is 15.0 Å². The van der Waals surface area contributed by atoms with E-state index in [0.29, 0.717) is 11.7 Å². The molecular formula is C27H30N2O4. The van der Waals surface area contributed by atoms with Crippen molar-refractivity contribution < 1.29 is 19.7 Å². The van der Waals surface area contributed by atoms with Crippen molar-refractivity contribution in [2.24, 2.45) is 5.92 Å². The molecule has 1 aliphatic carbocycles. The van der Waals surface area contributed by atoms with E-state index in [4.69, 9.17) is 4.74 Å². The molecule has 2 unspecified atom stereocenters. The highest BCUT2D eigenvalue weighted by Gasteiger charge is 2.35. The van der Waals surface area contributed by atoms with Gasteiger partial charge in [-0.1, -0.05) is 60.7 Å². The van der Waals surface area contributed by atoms with Gasteiger partial charge in [0.1, 0.15) is 11.9 Å². The van der Waals surface area contributed by atoms with Crippen LogP contribution in [0.1, 0.15) is 54.8 Å². The maximum atomic E-state index is 11.6. The van der Waals surface area contributed by atoms with Gasteiger partial charge in [0, 0.05) is 12.4 Å². The molecule has 0 saturated heterocycles. The van der Waals surface area contributed by atoms with Crippen LogP contribution in [0.4, 0.5) is 0 Å². The molecule has 3 aromatic rings. The average Bonchev–Trinajstić information content (AvgIpc) is 3.29. The van der Waals surface area contributed by atoms with Crippen molar-refractivity contribution in [3.05, 3.63) is 84.0 Å². The first-order chi connectivity index (χ1) is 16.0. The molecule has 172 valence electrons. The van der Waals surface area contributed by atoms with Crippen LogP contribution in [0.15, 0.2) is 67.0 Å². The Hall–Kier alpha value is -3.22. The van der Waals surface area contributed by atoms with Crippen LogP contribution in [0.2, 0.25) is 0 Å². The Morgan fingerprint density at radius 2 is 1.79 bits per heavy atom. The van der Waals surface area contributed by atoms with Crippen LogP contribution in [-0.4, -0.2) is 39.5 Å². The fourth-order valence-electron chi connectivity index (χ4n) is 4.38. The summed E-state index contributed by atoms with van der Waals surface area (Å²) in [4.78, 5) is 15.8. The summed E-state index contributed by atoms with van der Waals surface area (Å²) in [5.74, 6) is 0.897. The van der Waals surface area contributed by atoms with Gasteiger partial charge in [-0.2, -0.15) is 0 Å². The summed E-state index contributed by atoms with van der Waals surface area (Å²) in [5, 5.41) is 19.7. The standard InChI is InChI=1S/C27H30N2O4/c1-18(31)26-28-13-14-29(26)25(17-30)12-5-19-3-6-20(7-4-19)21-8-10-22(11-9-21)23-15-24(16-23)27(32)33-2/h3-14,18,23-25,30-31H,15-17H2,1-2H3/b12-5+. The minimum absolute atomic E-state index is 0.0399. The molecule has 33 heavy (non-hydrogen) atoms. The third-order valence-corrected chi connectivity index (χ3v) is 6.43. The summed E-state index contributed by atoms with van der Waals surface area (Å²) in [5.41, 5.74) is 4.57. The number of imidazole rings is 1. The first-order valence-electron chi connectivity index (χ1n) is 11.3. The van der Waals surface area contributed by atoms with Crippen LogP contribution < -0.4 is 0 Å². The first kappa shape index (κ1) is 23.0. The zero-order valence-corrected chi connectivity index (χ0v) is 19.0. The number of aliphatic hydroxyl groups is 2. The predicted octanol–water partition coefficient (Wildman–Crippen LogP) is 4.52. The summed E-state index contributed by atoms with van der Waals surface area (Å²) in [6.45, 7) is 1.58. The highest BCUT2D eigenvalue weighted by atomic mass is 16.5. The maximum absolute atomic E-state index is 11.6. The van der Waals surface area contributed by atoms with E-state index in [1.54, 1.807) is 23.9 Å². The fourth-order valence-corrected chi connectivity index (χ4v) is 4.38. The van der Waals surface area contributed by atoms with Crippen molar-refractivity contribution in [1.29, 1.82) is 0 Å². The van der Waals surface area contributed by atoms with E-state index in [1.807, 2.05) is 24.3 Å². The van der Waals surface area contributed by atoms with Crippen molar-refractivity contribution in [2.45, 2.75) is 37.8 Å². The molecule has 0 bridgehead atoms. The van der Waals surface area contributed by atoms with Crippen LogP contribution >= 0.6 is 0 Å². The molecule has 2 aromatic carbocycles. The summed E-state index contributed by atoms with van der Waals surface area (Å²) >= 11 is 0. The number of hydrogen-bond donors (Lipinski definition) is 2. The first-order valence-corrected chi connectivity index (χ1v) is 11.3. The number of aromatic nitrogens is 2. The lowest BCUT2D eigenvalue weighted by molar-refractivity contribution is -0.148.